The predicted molar refractivity (Wildman–Crippen MR) is 67.1 cm³/mol. The molecule has 0 spiro atoms. The second-order valence-corrected chi connectivity index (χ2v) is 4.32. The smallest absolute Gasteiger partial charge is 0.130 e. The van der Waals surface area contributed by atoms with Gasteiger partial charge in [0.05, 0.1) is 0 Å². The van der Waals surface area contributed by atoms with E-state index in [1.54, 1.807) is 0 Å². The molecule has 1 unspecified atom stereocenters. The Kier molecular flexibility index (Phi) is 5.47. The molecule has 16 heavy (non-hydrogen) atoms. The van der Waals surface area contributed by atoms with E-state index in [0.29, 0.717) is 0 Å². The highest BCUT2D eigenvalue weighted by molar-refractivity contribution is 5.27. The number of hydrogen-bond donors (Lipinski definition) is 1. The van der Waals surface area contributed by atoms with Gasteiger partial charge in [-0.2, -0.15) is 0 Å². The first-order valence-electron chi connectivity index (χ1n) is 6.13. The van der Waals surface area contributed by atoms with Gasteiger partial charge in [-0.1, -0.05) is 44.4 Å². The van der Waals surface area contributed by atoms with Gasteiger partial charge in [-0.3, -0.25) is 0 Å². The highest BCUT2D eigenvalue weighted by atomic mass is 19.1. The molecule has 0 saturated carbocycles. The average Bonchev–Trinajstić information content (AvgIpc) is 2.29. The number of rotatable bonds is 6. The Morgan fingerprint density at radius 2 is 2.06 bits per heavy atom. The van der Waals surface area contributed by atoms with Gasteiger partial charge in [0.1, 0.15) is 5.82 Å². The number of hydrogen-bond acceptors (Lipinski definition) is 1. The molecule has 0 radical (unpaired) electrons. The molecule has 1 nitrogen and oxygen atoms in total. The second kappa shape index (κ2) is 6.64. The Morgan fingerprint density at radius 1 is 1.31 bits per heavy atom. The third kappa shape index (κ3) is 3.31. The van der Waals surface area contributed by atoms with Crippen LogP contribution in [0.1, 0.15) is 49.8 Å². The molecule has 0 aliphatic rings. The lowest BCUT2D eigenvalue weighted by Crippen LogP contribution is -2.18. The Labute approximate surface area is 98.1 Å². The Bertz CT molecular complexity index is 323. The molecule has 1 N–H and O–H groups in total. The van der Waals surface area contributed by atoms with E-state index in [4.69, 9.17) is 0 Å². The van der Waals surface area contributed by atoms with Gasteiger partial charge >= 0.3 is 0 Å². The standard InChI is InChI=1S/C14H22FN/c1-4-5-6-10-13(16-3)12-9-7-8-11(2)14(12)15/h7-9,13,16H,4-6,10H2,1-3H3. The predicted octanol–water partition coefficient (Wildman–Crippen LogP) is 3.97. The first kappa shape index (κ1) is 13.2. The molecule has 1 rings (SSSR count). The zero-order chi connectivity index (χ0) is 12.0. The third-order valence-electron chi connectivity index (χ3n) is 3.04. The highest BCUT2D eigenvalue weighted by Crippen LogP contribution is 2.23. The van der Waals surface area contributed by atoms with Crippen molar-refractivity contribution in [3.05, 3.63) is 35.1 Å². The third-order valence-corrected chi connectivity index (χ3v) is 3.04. The number of aryl methyl sites for hydroxylation is 1. The molecule has 2 heteroatoms. The number of halogens is 1. The van der Waals surface area contributed by atoms with Crippen LogP contribution in [-0.4, -0.2) is 7.05 Å². The van der Waals surface area contributed by atoms with E-state index in [1.807, 2.05) is 32.2 Å². The summed E-state index contributed by atoms with van der Waals surface area (Å²) in [5.41, 5.74) is 1.53. The van der Waals surface area contributed by atoms with Gasteiger partial charge in [-0.05, 0) is 26.0 Å². The zero-order valence-electron chi connectivity index (χ0n) is 10.5. The molecule has 0 bridgehead atoms. The number of unbranched alkanes of at least 4 members (excludes halogenated alkanes) is 2. The topological polar surface area (TPSA) is 12.0 Å². The van der Waals surface area contributed by atoms with Crippen LogP contribution in [-0.2, 0) is 0 Å². The van der Waals surface area contributed by atoms with Crippen molar-refractivity contribution in [3.8, 4) is 0 Å². The lowest BCUT2D eigenvalue weighted by molar-refractivity contribution is 0.483. The summed E-state index contributed by atoms with van der Waals surface area (Å²) in [5.74, 6) is -0.0571. The van der Waals surface area contributed by atoms with Crippen LogP contribution < -0.4 is 5.32 Å². The molecule has 0 heterocycles. The maximum absolute atomic E-state index is 13.9. The van der Waals surface area contributed by atoms with Gasteiger partial charge in [0.15, 0.2) is 0 Å². The van der Waals surface area contributed by atoms with Crippen LogP contribution in [0.25, 0.3) is 0 Å². The van der Waals surface area contributed by atoms with Gasteiger partial charge < -0.3 is 5.32 Å². The van der Waals surface area contributed by atoms with Crippen LogP contribution in [0.15, 0.2) is 18.2 Å². The van der Waals surface area contributed by atoms with Crippen molar-refractivity contribution in [2.24, 2.45) is 0 Å². The summed E-state index contributed by atoms with van der Waals surface area (Å²) < 4.78 is 13.9. The minimum atomic E-state index is -0.0571. The van der Waals surface area contributed by atoms with Crippen molar-refractivity contribution in [3.63, 3.8) is 0 Å². The van der Waals surface area contributed by atoms with Crippen LogP contribution in [0, 0.1) is 12.7 Å². The summed E-state index contributed by atoms with van der Waals surface area (Å²) in [4.78, 5) is 0. The molecule has 1 atom stereocenters. The molecule has 0 fully saturated rings. The second-order valence-electron chi connectivity index (χ2n) is 4.32. The maximum Gasteiger partial charge on any atom is 0.130 e. The van der Waals surface area contributed by atoms with Crippen molar-refractivity contribution in [1.82, 2.24) is 5.32 Å². The van der Waals surface area contributed by atoms with E-state index >= 15 is 0 Å². The Hall–Kier alpha value is -0.890. The SMILES string of the molecule is CCCCCC(NC)c1cccc(C)c1F. The van der Waals surface area contributed by atoms with E-state index in [-0.39, 0.29) is 11.9 Å². The van der Waals surface area contributed by atoms with Crippen LogP contribution in [0.3, 0.4) is 0 Å². The van der Waals surface area contributed by atoms with E-state index in [1.165, 1.54) is 12.8 Å². The fraction of sp³-hybridized carbons (Fsp3) is 0.571. The van der Waals surface area contributed by atoms with Gasteiger partial charge in [0, 0.05) is 11.6 Å². The molecule has 0 amide bonds. The molecular formula is C14H22FN. The minimum absolute atomic E-state index is 0.0571. The molecule has 1 aromatic carbocycles. The average molecular weight is 223 g/mol. The zero-order valence-corrected chi connectivity index (χ0v) is 10.5. The van der Waals surface area contributed by atoms with E-state index < -0.39 is 0 Å². The quantitative estimate of drug-likeness (QED) is 0.719. The Morgan fingerprint density at radius 3 is 2.69 bits per heavy atom. The lowest BCUT2D eigenvalue weighted by Gasteiger charge is -2.18. The van der Waals surface area contributed by atoms with Crippen LogP contribution in [0.4, 0.5) is 4.39 Å². The fourth-order valence-electron chi connectivity index (χ4n) is 1.99. The van der Waals surface area contributed by atoms with Crippen LogP contribution in [0.5, 0.6) is 0 Å². The summed E-state index contributed by atoms with van der Waals surface area (Å²) in [6, 6.07) is 5.77. The molecule has 0 aliphatic carbocycles. The van der Waals surface area contributed by atoms with Crippen molar-refractivity contribution >= 4 is 0 Å². The molecule has 0 saturated heterocycles. The molecule has 0 aliphatic heterocycles. The van der Waals surface area contributed by atoms with Crippen molar-refractivity contribution < 1.29 is 4.39 Å². The summed E-state index contributed by atoms with van der Waals surface area (Å²) in [7, 11) is 1.90. The monoisotopic (exact) mass is 223 g/mol. The fourth-order valence-corrected chi connectivity index (χ4v) is 1.99. The summed E-state index contributed by atoms with van der Waals surface area (Å²) in [6.45, 7) is 4.00. The van der Waals surface area contributed by atoms with E-state index in [0.717, 1.165) is 24.0 Å². The van der Waals surface area contributed by atoms with E-state index in [2.05, 4.69) is 12.2 Å². The molecule has 90 valence electrons. The van der Waals surface area contributed by atoms with Gasteiger partial charge in [0.25, 0.3) is 0 Å². The van der Waals surface area contributed by atoms with Crippen molar-refractivity contribution in [2.75, 3.05) is 7.05 Å². The summed E-state index contributed by atoms with van der Waals surface area (Å²) >= 11 is 0. The van der Waals surface area contributed by atoms with Crippen LogP contribution in [0.2, 0.25) is 0 Å². The lowest BCUT2D eigenvalue weighted by atomic mass is 9.98. The first-order valence-corrected chi connectivity index (χ1v) is 6.13. The number of nitrogens with one attached hydrogen (secondary N) is 1. The number of benzene rings is 1. The van der Waals surface area contributed by atoms with Gasteiger partial charge in [-0.15, -0.1) is 0 Å². The van der Waals surface area contributed by atoms with E-state index in [9.17, 15) is 4.39 Å². The van der Waals surface area contributed by atoms with Gasteiger partial charge in [-0.25, -0.2) is 4.39 Å². The largest absolute Gasteiger partial charge is 0.313 e. The highest BCUT2D eigenvalue weighted by Gasteiger charge is 2.14. The van der Waals surface area contributed by atoms with Crippen molar-refractivity contribution in [2.45, 2.75) is 45.6 Å². The summed E-state index contributed by atoms with van der Waals surface area (Å²) in [6.07, 6.45) is 4.57. The van der Waals surface area contributed by atoms with Crippen molar-refractivity contribution in [1.29, 1.82) is 0 Å². The minimum Gasteiger partial charge on any atom is -0.313 e. The normalized spacial score (nSPS) is 12.8. The molecule has 1 aromatic rings. The Balaban J connectivity index is 2.74. The first-order chi connectivity index (χ1) is 7.70. The summed E-state index contributed by atoms with van der Waals surface area (Å²) in [5, 5.41) is 3.21. The van der Waals surface area contributed by atoms with Gasteiger partial charge in [0.2, 0.25) is 0 Å². The molecular weight excluding hydrogens is 201 g/mol. The molecule has 0 aromatic heterocycles. The van der Waals surface area contributed by atoms with Crippen LogP contribution >= 0.6 is 0 Å². The maximum atomic E-state index is 13.9.